The molecule has 1 aromatic carbocycles. The normalized spacial score (nSPS) is 11.7. The van der Waals surface area contributed by atoms with Crippen molar-refractivity contribution in [3.8, 4) is 0 Å². The van der Waals surface area contributed by atoms with Gasteiger partial charge in [0.1, 0.15) is 5.76 Å². The molecule has 0 bridgehead atoms. The quantitative estimate of drug-likeness (QED) is 0.730. The smallest absolute Gasteiger partial charge is 0.312 e. The number of nitrogens with two attached hydrogens (primary N) is 1. The molecule has 1 heterocycles. The number of furan rings is 1. The van der Waals surface area contributed by atoms with Crippen molar-refractivity contribution in [2.75, 3.05) is 0 Å². The average molecular weight is 315 g/mol. The molecule has 6 nitrogen and oxygen atoms in total. The van der Waals surface area contributed by atoms with Crippen molar-refractivity contribution in [1.82, 2.24) is 10.6 Å². The number of benzene rings is 1. The van der Waals surface area contributed by atoms with Crippen LogP contribution in [0.25, 0.3) is 0 Å². The number of nitrogens with one attached hydrogen (secondary N) is 2. The van der Waals surface area contributed by atoms with E-state index in [0.29, 0.717) is 12.1 Å². The van der Waals surface area contributed by atoms with Gasteiger partial charge in [0.05, 0.1) is 6.26 Å². The highest BCUT2D eigenvalue weighted by Gasteiger charge is 2.10. The largest absolute Gasteiger partial charge is 0.469 e. The Balaban J connectivity index is 1.81. The first-order valence-corrected chi connectivity index (χ1v) is 7.50. The van der Waals surface area contributed by atoms with Gasteiger partial charge in [0.15, 0.2) is 0 Å². The predicted molar refractivity (Wildman–Crippen MR) is 86.8 cm³/mol. The molecule has 1 aromatic heterocycles. The monoisotopic (exact) mass is 315 g/mol. The molecule has 2 rings (SSSR count). The molecule has 0 unspecified atom stereocenters. The molecule has 0 aliphatic rings. The van der Waals surface area contributed by atoms with Crippen LogP contribution >= 0.6 is 0 Å². The number of hydrogen-bond donors (Lipinski definition) is 3. The Morgan fingerprint density at radius 1 is 1.22 bits per heavy atom. The van der Waals surface area contributed by atoms with Crippen LogP contribution in [0.5, 0.6) is 0 Å². The Labute approximate surface area is 135 Å². The van der Waals surface area contributed by atoms with Crippen molar-refractivity contribution in [1.29, 1.82) is 0 Å². The molecule has 0 spiro atoms. The van der Waals surface area contributed by atoms with E-state index in [1.165, 1.54) is 0 Å². The summed E-state index contributed by atoms with van der Waals surface area (Å²) in [5.74, 6) is 0.795. The Morgan fingerprint density at radius 2 is 1.96 bits per heavy atom. The van der Waals surface area contributed by atoms with Crippen LogP contribution in [0.1, 0.15) is 35.0 Å². The van der Waals surface area contributed by atoms with Gasteiger partial charge in [-0.15, -0.1) is 0 Å². The standard InChI is InChI=1S/C17H21N3O3/c1-12(4-9-15-3-2-10-23-15)20-16(21)14-7-5-13(6-8-14)11-19-17(18)22/h2-3,5-8,10,12H,4,9,11H2,1H3,(H,20,21)(H3,18,19,22)/t12-/m1/s1. The summed E-state index contributed by atoms with van der Waals surface area (Å²) in [6, 6.07) is 10.3. The number of rotatable bonds is 7. The second-order valence-corrected chi connectivity index (χ2v) is 5.41. The van der Waals surface area contributed by atoms with Crippen LogP contribution in [0.2, 0.25) is 0 Å². The highest BCUT2D eigenvalue weighted by Crippen LogP contribution is 2.08. The molecular formula is C17H21N3O3. The SMILES string of the molecule is C[C@H](CCc1ccco1)NC(=O)c1ccc(CNC(N)=O)cc1. The number of primary amides is 1. The molecule has 2 aromatic rings. The van der Waals surface area contributed by atoms with E-state index >= 15 is 0 Å². The van der Waals surface area contributed by atoms with Crippen molar-refractivity contribution < 1.29 is 14.0 Å². The van der Waals surface area contributed by atoms with Gasteiger partial charge >= 0.3 is 6.03 Å². The van der Waals surface area contributed by atoms with Gasteiger partial charge in [0, 0.05) is 24.6 Å². The van der Waals surface area contributed by atoms with Crippen LogP contribution in [-0.2, 0) is 13.0 Å². The summed E-state index contributed by atoms with van der Waals surface area (Å²) in [5.41, 5.74) is 6.48. The van der Waals surface area contributed by atoms with Gasteiger partial charge < -0.3 is 20.8 Å². The molecular weight excluding hydrogens is 294 g/mol. The third-order valence-electron chi connectivity index (χ3n) is 3.46. The van der Waals surface area contributed by atoms with Crippen LogP contribution in [0.3, 0.4) is 0 Å². The molecule has 122 valence electrons. The van der Waals surface area contributed by atoms with E-state index in [0.717, 1.165) is 24.2 Å². The van der Waals surface area contributed by atoms with Gasteiger partial charge in [0.2, 0.25) is 0 Å². The van der Waals surface area contributed by atoms with Crippen molar-refractivity contribution in [2.45, 2.75) is 32.4 Å². The van der Waals surface area contributed by atoms with E-state index < -0.39 is 6.03 Å². The van der Waals surface area contributed by atoms with Crippen LogP contribution in [-0.4, -0.2) is 18.0 Å². The maximum atomic E-state index is 12.2. The van der Waals surface area contributed by atoms with Gasteiger partial charge in [-0.3, -0.25) is 4.79 Å². The first-order chi connectivity index (χ1) is 11.0. The van der Waals surface area contributed by atoms with Gasteiger partial charge in [0.25, 0.3) is 5.91 Å². The zero-order valence-electron chi connectivity index (χ0n) is 13.0. The molecule has 0 radical (unpaired) electrons. The van der Waals surface area contributed by atoms with Gasteiger partial charge in [-0.1, -0.05) is 12.1 Å². The summed E-state index contributed by atoms with van der Waals surface area (Å²) in [4.78, 5) is 22.8. The van der Waals surface area contributed by atoms with E-state index in [2.05, 4.69) is 10.6 Å². The van der Waals surface area contributed by atoms with Gasteiger partial charge in [-0.2, -0.15) is 0 Å². The Morgan fingerprint density at radius 3 is 2.57 bits per heavy atom. The molecule has 0 saturated carbocycles. The third kappa shape index (κ3) is 5.50. The number of carbonyl (C=O) groups excluding carboxylic acids is 2. The van der Waals surface area contributed by atoms with Crippen molar-refractivity contribution in [3.63, 3.8) is 0 Å². The lowest BCUT2D eigenvalue weighted by atomic mass is 10.1. The third-order valence-corrected chi connectivity index (χ3v) is 3.46. The summed E-state index contributed by atoms with van der Waals surface area (Å²) in [5, 5.41) is 5.46. The molecule has 1 atom stereocenters. The zero-order chi connectivity index (χ0) is 16.7. The fraction of sp³-hybridized carbons (Fsp3) is 0.294. The first-order valence-electron chi connectivity index (χ1n) is 7.50. The predicted octanol–water partition coefficient (Wildman–Crippen LogP) is 2.20. The van der Waals surface area contributed by atoms with Crippen LogP contribution in [0.4, 0.5) is 4.79 Å². The molecule has 23 heavy (non-hydrogen) atoms. The fourth-order valence-corrected chi connectivity index (χ4v) is 2.16. The number of aryl methyl sites for hydroxylation is 1. The Hall–Kier alpha value is -2.76. The second kappa shape index (κ2) is 8.03. The average Bonchev–Trinajstić information content (AvgIpc) is 3.05. The lowest BCUT2D eigenvalue weighted by Gasteiger charge is -2.13. The molecule has 0 fully saturated rings. The number of hydrogen-bond acceptors (Lipinski definition) is 3. The lowest BCUT2D eigenvalue weighted by molar-refractivity contribution is 0.0938. The minimum absolute atomic E-state index is 0.0452. The summed E-state index contributed by atoms with van der Waals surface area (Å²) in [6.07, 6.45) is 3.24. The van der Waals surface area contributed by atoms with Crippen molar-refractivity contribution in [3.05, 3.63) is 59.5 Å². The Bertz CT molecular complexity index is 636. The van der Waals surface area contributed by atoms with Crippen LogP contribution < -0.4 is 16.4 Å². The van der Waals surface area contributed by atoms with Crippen molar-refractivity contribution in [2.24, 2.45) is 5.73 Å². The zero-order valence-corrected chi connectivity index (χ0v) is 13.0. The van der Waals surface area contributed by atoms with Crippen LogP contribution in [0, 0.1) is 0 Å². The minimum atomic E-state index is -0.572. The summed E-state index contributed by atoms with van der Waals surface area (Å²) < 4.78 is 5.27. The van der Waals surface area contributed by atoms with Crippen LogP contribution in [0.15, 0.2) is 47.1 Å². The molecule has 4 N–H and O–H groups in total. The molecule has 0 saturated heterocycles. The summed E-state index contributed by atoms with van der Waals surface area (Å²) >= 11 is 0. The highest BCUT2D eigenvalue weighted by molar-refractivity contribution is 5.94. The molecule has 6 heteroatoms. The Kier molecular flexibility index (Phi) is 5.80. The second-order valence-electron chi connectivity index (χ2n) is 5.41. The lowest BCUT2D eigenvalue weighted by Crippen LogP contribution is -2.33. The van der Waals surface area contributed by atoms with Crippen molar-refractivity contribution >= 4 is 11.9 Å². The minimum Gasteiger partial charge on any atom is -0.469 e. The van der Waals surface area contributed by atoms with E-state index in [4.69, 9.17) is 10.2 Å². The maximum Gasteiger partial charge on any atom is 0.312 e. The van der Waals surface area contributed by atoms with E-state index in [1.807, 2.05) is 19.1 Å². The van der Waals surface area contributed by atoms with E-state index in [-0.39, 0.29) is 11.9 Å². The number of urea groups is 1. The summed E-state index contributed by atoms with van der Waals surface area (Å²) in [6.45, 7) is 2.31. The molecule has 0 aliphatic heterocycles. The number of carbonyl (C=O) groups is 2. The highest BCUT2D eigenvalue weighted by atomic mass is 16.3. The van der Waals surface area contributed by atoms with E-state index in [1.54, 1.807) is 30.5 Å². The summed E-state index contributed by atoms with van der Waals surface area (Å²) in [7, 11) is 0. The topological polar surface area (TPSA) is 97.4 Å². The first kappa shape index (κ1) is 16.6. The maximum absolute atomic E-state index is 12.2. The fourth-order valence-electron chi connectivity index (χ4n) is 2.16. The van der Waals surface area contributed by atoms with Gasteiger partial charge in [-0.05, 0) is 43.2 Å². The molecule has 0 aliphatic carbocycles. The number of amides is 3. The van der Waals surface area contributed by atoms with E-state index in [9.17, 15) is 9.59 Å². The van der Waals surface area contributed by atoms with Gasteiger partial charge in [-0.25, -0.2) is 4.79 Å². The molecule has 3 amide bonds.